The number of carbonyl (C=O) groups excluding carboxylic acids is 1. The molecule has 0 saturated carbocycles. The first-order chi connectivity index (χ1) is 11.8. The summed E-state index contributed by atoms with van der Waals surface area (Å²) in [6.45, 7) is 14.0. The van der Waals surface area contributed by atoms with E-state index in [1.54, 1.807) is 26.2 Å². The van der Waals surface area contributed by atoms with Crippen molar-refractivity contribution in [3.05, 3.63) is 29.3 Å². The Kier molecular flexibility index (Phi) is 5.79. The van der Waals surface area contributed by atoms with Gasteiger partial charge in [-0.1, -0.05) is 23.7 Å². The fourth-order valence-electron chi connectivity index (χ4n) is 2.49. The number of carbonyl (C=O) groups is 1. The molecule has 1 radical (unpaired) electrons. The third kappa shape index (κ3) is 5.24. The first-order valence-corrected chi connectivity index (χ1v) is 9.12. The molecule has 26 heavy (non-hydrogen) atoms. The molecule has 1 amide bonds. The highest BCUT2D eigenvalue weighted by Gasteiger charge is 2.35. The molecule has 0 saturated heterocycles. The molecule has 1 aromatic rings. The van der Waals surface area contributed by atoms with Gasteiger partial charge in [0.1, 0.15) is 5.60 Å². The summed E-state index contributed by atoms with van der Waals surface area (Å²) >= 11 is 0. The number of hydrogen-bond acceptors (Lipinski definition) is 4. The van der Waals surface area contributed by atoms with Gasteiger partial charge in [0.15, 0.2) is 0 Å². The Bertz CT molecular complexity index is 659. The van der Waals surface area contributed by atoms with Crippen molar-refractivity contribution in [3.63, 3.8) is 0 Å². The van der Waals surface area contributed by atoms with Crippen LogP contribution in [0, 0.1) is 0 Å². The van der Waals surface area contributed by atoms with Crippen molar-refractivity contribution in [2.24, 2.45) is 0 Å². The van der Waals surface area contributed by atoms with Gasteiger partial charge in [-0.2, -0.15) is 0 Å². The lowest BCUT2D eigenvalue weighted by molar-refractivity contribution is -0.0893. The Morgan fingerprint density at radius 3 is 2.35 bits per heavy atom. The van der Waals surface area contributed by atoms with Crippen molar-refractivity contribution in [1.29, 1.82) is 0 Å². The maximum atomic E-state index is 12.3. The number of rotatable bonds is 4. The van der Waals surface area contributed by atoms with Crippen LogP contribution in [0.15, 0.2) is 18.2 Å². The molecule has 0 aliphatic carbocycles. The molecule has 0 atom stereocenters. The molecule has 1 heterocycles. The summed E-state index contributed by atoms with van der Waals surface area (Å²) in [5.41, 5.74) is 1.07. The average molecular weight is 360 g/mol. The summed E-state index contributed by atoms with van der Waals surface area (Å²) in [6.07, 6.45) is 0.530. The van der Waals surface area contributed by atoms with Crippen LogP contribution < -0.4 is 5.46 Å². The second kappa shape index (κ2) is 7.24. The highest BCUT2D eigenvalue weighted by Crippen LogP contribution is 2.25. The maximum absolute atomic E-state index is 12.3. The number of ether oxygens (including phenoxy) is 1. The van der Waals surface area contributed by atoms with Crippen LogP contribution >= 0.6 is 0 Å². The summed E-state index contributed by atoms with van der Waals surface area (Å²) in [7, 11) is 1.67. The third-order valence-corrected chi connectivity index (χ3v) is 4.86. The monoisotopic (exact) mass is 360 g/mol. The molecule has 1 aromatic carbocycles. The SMILES string of the molecule is CC(C)(C)OC(=O)N1CCc2ccc([B]OC(C)(C)C(C)(C)O)cc2C1. The molecule has 0 spiro atoms. The Hall–Kier alpha value is -1.53. The molecule has 143 valence electrons. The smallest absolute Gasteiger partial charge is 0.410 e. The fourth-order valence-corrected chi connectivity index (χ4v) is 2.49. The van der Waals surface area contributed by atoms with Crippen LogP contribution in [0.5, 0.6) is 0 Å². The van der Waals surface area contributed by atoms with Crippen LogP contribution in [-0.2, 0) is 22.4 Å². The first kappa shape index (κ1) is 20.8. The number of aliphatic hydroxyl groups is 1. The molecule has 1 aliphatic rings. The molecule has 1 aliphatic heterocycles. The van der Waals surface area contributed by atoms with Crippen molar-refractivity contribution in [1.82, 2.24) is 4.90 Å². The molecule has 6 heteroatoms. The minimum atomic E-state index is -0.967. The number of benzene rings is 1. The van der Waals surface area contributed by atoms with Gasteiger partial charge in [0, 0.05) is 13.1 Å². The zero-order chi connectivity index (χ0) is 19.8. The van der Waals surface area contributed by atoms with Crippen LogP contribution in [0.3, 0.4) is 0 Å². The number of amides is 1. The Morgan fingerprint density at radius 2 is 1.77 bits per heavy atom. The van der Waals surface area contributed by atoms with Gasteiger partial charge >= 0.3 is 13.6 Å². The Labute approximate surface area is 157 Å². The molecular weight excluding hydrogens is 329 g/mol. The van der Waals surface area contributed by atoms with Gasteiger partial charge in [-0.25, -0.2) is 4.79 Å². The van der Waals surface area contributed by atoms with Crippen LogP contribution in [0.25, 0.3) is 0 Å². The lowest BCUT2D eigenvalue weighted by Gasteiger charge is -2.37. The van der Waals surface area contributed by atoms with Gasteiger partial charge in [-0.3, -0.25) is 0 Å². The fraction of sp³-hybridized carbons (Fsp3) is 0.650. The predicted molar refractivity (Wildman–Crippen MR) is 104 cm³/mol. The van der Waals surface area contributed by atoms with Gasteiger partial charge in [0.2, 0.25) is 0 Å². The number of fused-ring (bicyclic) bond motifs is 1. The Morgan fingerprint density at radius 1 is 1.12 bits per heavy atom. The van der Waals surface area contributed by atoms with Crippen LogP contribution in [0.4, 0.5) is 4.79 Å². The molecule has 0 unspecified atom stereocenters. The maximum Gasteiger partial charge on any atom is 0.410 e. The summed E-state index contributed by atoms with van der Waals surface area (Å²) in [5.74, 6) is 0. The largest absolute Gasteiger partial charge is 0.444 e. The van der Waals surface area contributed by atoms with Crippen molar-refractivity contribution in [3.8, 4) is 0 Å². The topological polar surface area (TPSA) is 59.0 Å². The molecule has 0 fully saturated rings. The zero-order valence-electron chi connectivity index (χ0n) is 17.0. The highest BCUT2D eigenvalue weighted by molar-refractivity contribution is 6.47. The minimum Gasteiger partial charge on any atom is -0.444 e. The van der Waals surface area contributed by atoms with E-state index >= 15 is 0 Å². The predicted octanol–water partition coefficient (Wildman–Crippen LogP) is 2.79. The summed E-state index contributed by atoms with van der Waals surface area (Å²) in [4.78, 5) is 14.1. The van der Waals surface area contributed by atoms with Crippen molar-refractivity contribution in [2.75, 3.05) is 6.54 Å². The molecular formula is C20H31BNO4. The quantitative estimate of drug-likeness (QED) is 0.839. The molecule has 2 rings (SSSR count). The first-order valence-electron chi connectivity index (χ1n) is 9.12. The van der Waals surface area contributed by atoms with E-state index in [0.29, 0.717) is 13.1 Å². The normalized spacial score (nSPS) is 15.5. The average Bonchev–Trinajstić information content (AvgIpc) is 2.49. The zero-order valence-corrected chi connectivity index (χ0v) is 17.0. The van der Waals surface area contributed by atoms with Crippen LogP contribution in [-0.4, -0.2) is 46.9 Å². The van der Waals surface area contributed by atoms with E-state index in [9.17, 15) is 9.90 Å². The summed E-state index contributed by atoms with van der Waals surface area (Å²) < 4.78 is 11.3. The van der Waals surface area contributed by atoms with Crippen molar-refractivity contribution < 1.29 is 19.3 Å². The van der Waals surface area contributed by atoms with Gasteiger partial charge in [0.25, 0.3) is 0 Å². The van der Waals surface area contributed by atoms with Gasteiger partial charge in [-0.15, -0.1) is 0 Å². The van der Waals surface area contributed by atoms with E-state index in [2.05, 4.69) is 6.07 Å². The second-order valence-electron chi connectivity index (χ2n) is 8.99. The molecule has 5 nitrogen and oxygen atoms in total. The lowest BCUT2D eigenvalue weighted by Crippen LogP contribution is -2.49. The summed E-state index contributed by atoms with van der Waals surface area (Å²) in [6, 6.07) is 6.11. The highest BCUT2D eigenvalue weighted by atomic mass is 16.6. The van der Waals surface area contributed by atoms with Crippen LogP contribution in [0.1, 0.15) is 59.6 Å². The molecule has 0 aromatic heterocycles. The second-order valence-corrected chi connectivity index (χ2v) is 8.99. The van der Waals surface area contributed by atoms with E-state index < -0.39 is 16.8 Å². The van der Waals surface area contributed by atoms with E-state index in [1.165, 1.54) is 5.56 Å². The van der Waals surface area contributed by atoms with E-state index in [4.69, 9.17) is 9.39 Å². The summed E-state index contributed by atoms with van der Waals surface area (Å²) in [5, 5.41) is 10.2. The van der Waals surface area contributed by atoms with E-state index in [-0.39, 0.29) is 6.09 Å². The lowest BCUT2D eigenvalue weighted by atomic mass is 9.81. The number of nitrogens with zero attached hydrogens (tertiary/aromatic N) is 1. The number of hydrogen-bond donors (Lipinski definition) is 1. The molecule has 1 N–H and O–H groups in total. The van der Waals surface area contributed by atoms with E-state index in [1.807, 2.05) is 46.8 Å². The third-order valence-electron chi connectivity index (χ3n) is 4.86. The van der Waals surface area contributed by atoms with Gasteiger partial charge < -0.3 is 19.4 Å². The standard InChI is InChI=1S/C20H31BNO4/c1-18(2,3)25-17(23)22-11-10-14-8-9-16(12-15(14)13-22)21-26-20(6,7)19(4,5)24/h8-9,12,24H,10-11,13H2,1-7H3. The molecule has 0 bridgehead atoms. The van der Waals surface area contributed by atoms with Crippen molar-refractivity contribution >= 4 is 19.0 Å². The van der Waals surface area contributed by atoms with E-state index in [0.717, 1.165) is 17.4 Å². The van der Waals surface area contributed by atoms with Gasteiger partial charge in [0.05, 0.1) is 11.2 Å². The van der Waals surface area contributed by atoms with Gasteiger partial charge in [-0.05, 0) is 66.0 Å². The van der Waals surface area contributed by atoms with Crippen LogP contribution in [0.2, 0.25) is 0 Å². The van der Waals surface area contributed by atoms with Crippen molar-refractivity contribution in [2.45, 2.75) is 78.2 Å². The minimum absolute atomic E-state index is 0.281. The Balaban J connectivity index is 2.06.